The lowest BCUT2D eigenvalue weighted by Gasteiger charge is -2.11. The molecule has 2 rings (SSSR count). The molecule has 1 aliphatic rings. The molecule has 0 aromatic carbocycles. The molecule has 1 saturated carbocycles. The highest BCUT2D eigenvalue weighted by molar-refractivity contribution is 4.95. The van der Waals surface area contributed by atoms with Gasteiger partial charge in [-0.3, -0.25) is 0 Å². The van der Waals surface area contributed by atoms with E-state index in [4.69, 9.17) is 5.73 Å². The zero-order valence-electron chi connectivity index (χ0n) is 7.32. The molecule has 0 aliphatic heterocycles. The van der Waals surface area contributed by atoms with Gasteiger partial charge in [0.05, 0.1) is 0 Å². The van der Waals surface area contributed by atoms with E-state index < -0.39 is 0 Å². The molecular weight excluding hydrogens is 148 g/mol. The minimum absolute atomic E-state index is 0.716. The zero-order valence-corrected chi connectivity index (χ0v) is 7.32. The van der Waals surface area contributed by atoms with Gasteiger partial charge in [-0.15, -0.1) is 0 Å². The third-order valence-corrected chi connectivity index (χ3v) is 2.90. The summed E-state index contributed by atoms with van der Waals surface area (Å²) < 4.78 is 2.32. The Kier molecular flexibility index (Phi) is 2.17. The van der Waals surface area contributed by atoms with E-state index in [1.807, 2.05) is 0 Å². The first-order chi connectivity index (χ1) is 5.90. The fourth-order valence-corrected chi connectivity index (χ4v) is 2.12. The number of hydrogen-bond donors (Lipinski definition) is 1. The summed E-state index contributed by atoms with van der Waals surface area (Å²) in [7, 11) is 0. The summed E-state index contributed by atoms with van der Waals surface area (Å²) in [4.78, 5) is 0. The summed E-state index contributed by atoms with van der Waals surface area (Å²) in [6, 6.07) is 4.90. The molecule has 1 aromatic heterocycles. The highest BCUT2D eigenvalue weighted by Gasteiger charge is 2.23. The molecule has 0 amide bonds. The van der Waals surface area contributed by atoms with Crippen LogP contribution in [0, 0.1) is 5.92 Å². The van der Waals surface area contributed by atoms with Crippen LogP contribution in [0.1, 0.15) is 25.3 Å². The van der Waals surface area contributed by atoms with Crippen molar-refractivity contribution in [2.24, 2.45) is 11.7 Å². The van der Waals surface area contributed by atoms with Gasteiger partial charge in [-0.1, -0.05) is 0 Å². The van der Waals surface area contributed by atoms with Gasteiger partial charge in [-0.2, -0.15) is 0 Å². The predicted octanol–water partition coefficient (Wildman–Crippen LogP) is 1.79. The SMILES string of the molecule is NCC1CCC(n2cccc2)C1. The average Bonchev–Trinajstić information content (AvgIpc) is 2.75. The maximum absolute atomic E-state index is 5.64. The van der Waals surface area contributed by atoms with Crippen molar-refractivity contribution in [2.75, 3.05) is 6.54 Å². The van der Waals surface area contributed by atoms with Gasteiger partial charge >= 0.3 is 0 Å². The molecule has 1 aliphatic carbocycles. The monoisotopic (exact) mass is 164 g/mol. The molecule has 2 nitrogen and oxygen atoms in total. The number of hydrogen-bond acceptors (Lipinski definition) is 1. The van der Waals surface area contributed by atoms with E-state index in [1.165, 1.54) is 19.3 Å². The van der Waals surface area contributed by atoms with Crippen LogP contribution in [-0.4, -0.2) is 11.1 Å². The Morgan fingerprint density at radius 3 is 2.58 bits per heavy atom. The summed E-state index contributed by atoms with van der Waals surface area (Å²) in [6.45, 7) is 0.859. The van der Waals surface area contributed by atoms with Crippen molar-refractivity contribution in [3.8, 4) is 0 Å². The van der Waals surface area contributed by atoms with Crippen molar-refractivity contribution >= 4 is 0 Å². The van der Waals surface area contributed by atoms with Gasteiger partial charge in [-0.05, 0) is 43.9 Å². The van der Waals surface area contributed by atoms with E-state index in [-0.39, 0.29) is 0 Å². The summed E-state index contributed by atoms with van der Waals surface area (Å²) >= 11 is 0. The van der Waals surface area contributed by atoms with E-state index >= 15 is 0 Å². The molecule has 12 heavy (non-hydrogen) atoms. The predicted molar refractivity (Wildman–Crippen MR) is 49.9 cm³/mol. The largest absolute Gasteiger partial charge is 0.351 e. The molecule has 0 spiro atoms. The van der Waals surface area contributed by atoms with Crippen molar-refractivity contribution in [3.05, 3.63) is 24.5 Å². The van der Waals surface area contributed by atoms with Gasteiger partial charge in [0.15, 0.2) is 0 Å². The lowest BCUT2D eigenvalue weighted by molar-refractivity contribution is 0.483. The van der Waals surface area contributed by atoms with Crippen LogP contribution in [0.3, 0.4) is 0 Å². The normalized spacial score (nSPS) is 29.4. The summed E-state index contributed by atoms with van der Waals surface area (Å²) in [6.07, 6.45) is 8.19. The first-order valence-corrected chi connectivity index (χ1v) is 4.72. The number of nitrogens with zero attached hydrogens (tertiary/aromatic N) is 1. The van der Waals surface area contributed by atoms with E-state index in [1.54, 1.807) is 0 Å². The Labute approximate surface area is 73.4 Å². The third kappa shape index (κ3) is 1.39. The van der Waals surface area contributed by atoms with Crippen molar-refractivity contribution in [1.29, 1.82) is 0 Å². The second-order valence-corrected chi connectivity index (χ2v) is 3.70. The quantitative estimate of drug-likeness (QED) is 0.709. The maximum Gasteiger partial charge on any atom is 0.0333 e. The van der Waals surface area contributed by atoms with Gasteiger partial charge in [0, 0.05) is 18.4 Å². The first kappa shape index (κ1) is 7.87. The van der Waals surface area contributed by atoms with Crippen LogP contribution in [-0.2, 0) is 0 Å². The fraction of sp³-hybridized carbons (Fsp3) is 0.600. The fourth-order valence-electron chi connectivity index (χ4n) is 2.12. The first-order valence-electron chi connectivity index (χ1n) is 4.72. The van der Waals surface area contributed by atoms with Crippen molar-refractivity contribution < 1.29 is 0 Å². The van der Waals surface area contributed by atoms with Crippen LogP contribution in [0.4, 0.5) is 0 Å². The molecule has 1 fully saturated rings. The second-order valence-electron chi connectivity index (χ2n) is 3.70. The molecule has 0 saturated heterocycles. The molecular formula is C10H16N2. The topological polar surface area (TPSA) is 30.9 Å². The van der Waals surface area contributed by atoms with E-state index in [9.17, 15) is 0 Å². The van der Waals surface area contributed by atoms with Crippen LogP contribution in [0.25, 0.3) is 0 Å². The van der Waals surface area contributed by atoms with Gasteiger partial charge in [0.2, 0.25) is 0 Å². The molecule has 2 heteroatoms. The van der Waals surface area contributed by atoms with Crippen molar-refractivity contribution in [2.45, 2.75) is 25.3 Å². The Bertz CT molecular complexity index is 228. The Balaban J connectivity index is 2.00. The highest BCUT2D eigenvalue weighted by Crippen LogP contribution is 2.33. The molecule has 0 bridgehead atoms. The molecule has 2 N–H and O–H groups in total. The van der Waals surface area contributed by atoms with Crippen molar-refractivity contribution in [1.82, 2.24) is 4.57 Å². The zero-order chi connectivity index (χ0) is 8.39. The molecule has 1 aromatic rings. The molecule has 2 atom stereocenters. The van der Waals surface area contributed by atoms with Crippen LogP contribution in [0.2, 0.25) is 0 Å². The Morgan fingerprint density at radius 2 is 2.00 bits per heavy atom. The lowest BCUT2D eigenvalue weighted by atomic mass is 10.1. The number of rotatable bonds is 2. The number of aromatic nitrogens is 1. The summed E-state index contributed by atoms with van der Waals surface area (Å²) in [5, 5.41) is 0. The minimum Gasteiger partial charge on any atom is -0.351 e. The van der Waals surface area contributed by atoms with Crippen LogP contribution in [0.5, 0.6) is 0 Å². The smallest absolute Gasteiger partial charge is 0.0333 e. The van der Waals surface area contributed by atoms with Crippen LogP contribution in [0.15, 0.2) is 24.5 Å². The third-order valence-electron chi connectivity index (χ3n) is 2.90. The van der Waals surface area contributed by atoms with Crippen LogP contribution < -0.4 is 5.73 Å². The highest BCUT2D eigenvalue weighted by atomic mass is 15.0. The second kappa shape index (κ2) is 3.31. The summed E-state index contributed by atoms with van der Waals surface area (Å²) in [5.41, 5.74) is 5.64. The molecule has 0 radical (unpaired) electrons. The molecule has 2 unspecified atom stereocenters. The van der Waals surface area contributed by atoms with E-state index in [0.717, 1.165) is 12.5 Å². The van der Waals surface area contributed by atoms with Gasteiger partial charge in [0.25, 0.3) is 0 Å². The lowest BCUT2D eigenvalue weighted by Crippen LogP contribution is -2.11. The Hall–Kier alpha value is -0.760. The van der Waals surface area contributed by atoms with Crippen LogP contribution >= 0.6 is 0 Å². The standard InChI is InChI=1S/C10H16N2/c11-8-9-3-4-10(7-9)12-5-1-2-6-12/h1-2,5-6,9-10H,3-4,7-8,11H2. The van der Waals surface area contributed by atoms with Gasteiger partial charge in [0.1, 0.15) is 0 Å². The summed E-state index contributed by atoms with van der Waals surface area (Å²) in [5.74, 6) is 0.761. The molecule has 1 heterocycles. The van der Waals surface area contributed by atoms with E-state index in [2.05, 4.69) is 29.1 Å². The van der Waals surface area contributed by atoms with Crippen molar-refractivity contribution in [3.63, 3.8) is 0 Å². The Morgan fingerprint density at radius 1 is 1.25 bits per heavy atom. The average molecular weight is 164 g/mol. The van der Waals surface area contributed by atoms with Gasteiger partial charge in [-0.25, -0.2) is 0 Å². The number of nitrogens with two attached hydrogens (primary N) is 1. The maximum atomic E-state index is 5.64. The van der Waals surface area contributed by atoms with E-state index in [0.29, 0.717) is 6.04 Å². The minimum atomic E-state index is 0.716. The molecule has 66 valence electrons. The van der Waals surface area contributed by atoms with Gasteiger partial charge < -0.3 is 10.3 Å².